The van der Waals surface area contributed by atoms with Crippen molar-refractivity contribution in [1.29, 1.82) is 0 Å². The Morgan fingerprint density at radius 3 is 2.55 bits per heavy atom. The van der Waals surface area contributed by atoms with Gasteiger partial charge in [0.1, 0.15) is 6.67 Å². The summed E-state index contributed by atoms with van der Waals surface area (Å²) in [5.41, 5.74) is 1.81. The number of benzene rings is 1. The van der Waals surface area contributed by atoms with Gasteiger partial charge >= 0.3 is 0 Å². The average molecular weight is 474 g/mol. The fraction of sp³-hybridized carbons (Fsp3) is 0.500. The summed E-state index contributed by atoms with van der Waals surface area (Å²) in [4.78, 5) is 32.5. The summed E-state index contributed by atoms with van der Waals surface area (Å²) >= 11 is 1.12. The van der Waals surface area contributed by atoms with E-state index in [1.807, 2.05) is 46.8 Å². The van der Waals surface area contributed by atoms with Gasteiger partial charge in [-0.1, -0.05) is 49.9 Å². The summed E-state index contributed by atoms with van der Waals surface area (Å²) < 4.78 is 0. The monoisotopic (exact) mass is 473 g/mol. The number of aliphatic imine (C=N–C) groups is 1. The molecule has 1 aromatic rings. The number of nitrogens with zero attached hydrogens (tertiary/aromatic N) is 4. The molecule has 0 aliphatic carbocycles. The molecule has 2 heterocycles. The molecular formula is C24H35N5O3S. The molecule has 33 heavy (non-hydrogen) atoms. The molecule has 9 heteroatoms. The lowest BCUT2D eigenvalue weighted by Gasteiger charge is -2.28. The lowest BCUT2D eigenvalue weighted by molar-refractivity contribution is -0.125. The van der Waals surface area contributed by atoms with Gasteiger partial charge in [0.2, 0.25) is 0 Å². The highest BCUT2D eigenvalue weighted by atomic mass is 32.2. The number of amides is 2. The normalized spacial score (nSPS) is 21.8. The van der Waals surface area contributed by atoms with Gasteiger partial charge in [-0.2, -0.15) is 5.10 Å². The number of carbonyl (C=O) groups excluding carboxylic acids is 2. The van der Waals surface area contributed by atoms with Crippen molar-refractivity contribution in [3.8, 4) is 0 Å². The molecule has 0 unspecified atom stereocenters. The minimum Gasteiger partial charge on any atom is -0.394 e. The van der Waals surface area contributed by atoms with Crippen LogP contribution < -0.4 is 5.32 Å². The predicted molar refractivity (Wildman–Crippen MR) is 135 cm³/mol. The van der Waals surface area contributed by atoms with Crippen LogP contribution in [-0.2, 0) is 4.79 Å². The summed E-state index contributed by atoms with van der Waals surface area (Å²) in [6.07, 6.45) is 1.61. The third kappa shape index (κ3) is 6.91. The highest BCUT2D eigenvalue weighted by Crippen LogP contribution is 2.25. The Balaban J connectivity index is 0.00000187. The molecule has 0 aromatic heterocycles. The van der Waals surface area contributed by atoms with E-state index < -0.39 is 0 Å². The van der Waals surface area contributed by atoms with Crippen LogP contribution in [0.2, 0.25) is 0 Å². The van der Waals surface area contributed by atoms with Crippen LogP contribution in [0.15, 0.2) is 45.8 Å². The molecule has 8 nitrogen and oxygen atoms in total. The topological polar surface area (TPSA) is 97.6 Å². The Bertz CT molecular complexity index is 911. The van der Waals surface area contributed by atoms with Crippen molar-refractivity contribution in [2.75, 3.05) is 19.8 Å². The molecule has 1 aromatic carbocycles. The maximum absolute atomic E-state index is 13.3. The van der Waals surface area contributed by atoms with Gasteiger partial charge in [-0.25, -0.2) is 4.99 Å². The van der Waals surface area contributed by atoms with Crippen molar-refractivity contribution in [1.82, 2.24) is 15.2 Å². The van der Waals surface area contributed by atoms with E-state index in [0.717, 1.165) is 30.2 Å². The molecule has 2 N–H and O–H groups in total. The first-order valence-corrected chi connectivity index (χ1v) is 12.2. The number of aliphatic hydroxyl groups excluding tert-OH is 1. The van der Waals surface area contributed by atoms with Crippen molar-refractivity contribution in [2.24, 2.45) is 10.1 Å². The number of carbonyl (C=O) groups is 2. The van der Waals surface area contributed by atoms with Crippen molar-refractivity contribution < 1.29 is 14.7 Å². The Morgan fingerprint density at radius 1 is 1.27 bits per heavy atom. The van der Waals surface area contributed by atoms with Crippen LogP contribution in [0.3, 0.4) is 0 Å². The number of thioether (sulfide) groups is 1. The Morgan fingerprint density at radius 2 is 1.94 bits per heavy atom. The first-order valence-electron chi connectivity index (χ1n) is 11.4. The number of amidine groups is 1. The zero-order valence-electron chi connectivity index (χ0n) is 20.2. The van der Waals surface area contributed by atoms with E-state index >= 15 is 0 Å². The smallest absolute Gasteiger partial charge is 0.275 e. The zero-order chi connectivity index (χ0) is 24.5. The van der Waals surface area contributed by atoms with Gasteiger partial charge in [0.05, 0.1) is 12.6 Å². The molecule has 3 rings (SSSR count). The summed E-state index contributed by atoms with van der Waals surface area (Å²) in [5.74, 6) is -0.536. The Hall–Kier alpha value is -2.65. The van der Waals surface area contributed by atoms with Crippen LogP contribution in [0.1, 0.15) is 56.5 Å². The third-order valence-electron chi connectivity index (χ3n) is 5.25. The molecular weight excluding hydrogens is 438 g/mol. The van der Waals surface area contributed by atoms with Gasteiger partial charge in [-0.3, -0.25) is 14.6 Å². The molecule has 0 bridgehead atoms. The van der Waals surface area contributed by atoms with E-state index in [1.165, 1.54) is 0 Å². The van der Waals surface area contributed by atoms with Crippen LogP contribution in [0.25, 0.3) is 0 Å². The second-order valence-corrected chi connectivity index (χ2v) is 8.99. The Labute approximate surface area is 200 Å². The van der Waals surface area contributed by atoms with Crippen molar-refractivity contribution >= 4 is 34.5 Å². The highest BCUT2D eigenvalue weighted by Gasteiger charge is 2.33. The molecule has 0 saturated carbocycles. The largest absolute Gasteiger partial charge is 0.394 e. The molecule has 1 fully saturated rings. The van der Waals surface area contributed by atoms with Crippen LogP contribution in [0.4, 0.5) is 0 Å². The van der Waals surface area contributed by atoms with Crippen molar-refractivity contribution in [3.05, 3.63) is 46.9 Å². The molecule has 1 atom stereocenters. The van der Waals surface area contributed by atoms with E-state index in [4.69, 9.17) is 0 Å². The van der Waals surface area contributed by atoms with E-state index in [2.05, 4.69) is 22.0 Å². The van der Waals surface area contributed by atoms with Gasteiger partial charge in [0.25, 0.3) is 11.8 Å². The first-order chi connectivity index (χ1) is 15.8. The molecule has 0 radical (unpaired) electrons. The third-order valence-corrected chi connectivity index (χ3v) is 6.12. The van der Waals surface area contributed by atoms with Gasteiger partial charge < -0.3 is 15.3 Å². The maximum Gasteiger partial charge on any atom is 0.275 e. The lowest BCUT2D eigenvalue weighted by Crippen LogP contribution is -2.44. The van der Waals surface area contributed by atoms with Crippen molar-refractivity contribution in [3.63, 3.8) is 0 Å². The molecule has 2 aliphatic heterocycles. The first kappa shape index (κ1) is 26.6. The van der Waals surface area contributed by atoms with Crippen LogP contribution >= 0.6 is 11.8 Å². The minimum atomic E-state index is -0.277. The fourth-order valence-electron chi connectivity index (χ4n) is 3.36. The summed E-state index contributed by atoms with van der Waals surface area (Å²) in [6.45, 7) is 14.6. The zero-order valence-corrected chi connectivity index (χ0v) is 21.0. The van der Waals surface area contributed by atoms with Gasteiger partial charge in [0.15, 0.2) is 10.9 Å². The number of aliphatic hydroxyl groups is 1. The van der Waals surface area contributed by atoms with Gasteiger partial charge in [-0.05, 0) is 45.7 Å². The molecule has 0 spiro atoms. The average Bonchev–Trinajstić information content (AvgIpc) is 3.27. The van der Waals surface area contributed by atoms with Crippen LogP contribution in [0.5, 0.6) is 0 Å². The number of hydrogen-bond acceptors (Lipinski definition) is 7. The number of hydrazone groups is 1. The van der Waals surface area contributed by atoms with E-state index in [9.17, 15) is 14.7 Å². The number of likely N-dealkylation sites (tertiary alicyclic amines) is 1. The summed E-state index contributed by atoms with van der Waals surface area (Å²) in [6, 6.07) is 7.04. The number of rotatable bonds is 4. The van der Waals surface area contributed by atoms with Gasteiger partial charge in [-0.15, -0.1) is 0 Å². The maximum atomic E-state index is 13.3. The van der Waals surface area contributed by atoms with E-state index in [1.54, 1.807) is 22.0 Å². The van der Waals surface area contributed by atoms with Crippen molar-refractivity contribution in [2.45, 2.75) is 59.5 Å². The highest BCUT2D eigenvalue weighted by molar-refractivity contribution is 8.18. The Kier molecular flexibility index (Phi) is 10.1. The SMILES string of the molecule is C=C1S/C(NC(=O)c2ccc(C)cc2)=N\CN(C(C)C)/N=C\1C(=O)N1CCC[C@@H]1CO.CC. The number of hydrogen-bond donors (Lipinski definition) is 2. The van der Waals surface area contributed by atoms with Gasteiger partial charge in [0, 0.05) is 23.1 Å². The predicted octanol–water partition coefficient (Wildman–Crippen LogP) is 3.37. The van der Waals surface area contributed by atoms with Crippen LogP contribution in [0, 0.1) is 6.92 Å². The molecule has 1 saturated heterocycles. The molecule has 180 valence electrons. The fourth-order valence-corrected chi connectivity index (χ4v) is 4.08. The standard InChI is InChI=1S/C22H29N5O3S.C2H6/c1-14(2)27-13-23-22(24-20(29)17-9-7-15(3)8-10-17)31-16(4)19(25-27)21(30)26-11-5-6-18(26)12-28;1-2/h7-10,14,18,28H,4-6,11-13H2,1-3H3,(H,23,24,29);1-2H3/b25-19+;/t18-;/m1./s1. The minimum absolute atomic E-state index is 0.0104. The van der Waals surface area contributed by atoms with E-state index in [0.29, 0.717) is 22.2 Å². The molecule has 2 amide bonds. The van der Waals surface area contributed by atoms with E-state index in [-0.39, 0.29) is 42.9 Å². The molecule has 2 aliphatic rings. The van der Waals surface area contributed by atoms with Crippen LogP contribution in [-0.4, -0.2) is 69.6 Å². The second-order valence-electron chi connectivity index (χ2n) is 7.91. The second kappa shape index (κ2) is 12.6. The number of nitrogens with one attached hydrogen (secondary N) is 1. The number of aryl methyl sites for hydroxylation is 1. The quantitative estimate of drug-likeness (QED) is 0.699. The summed E-state index contributed by atoms with van der Waals surface area (Å²) in [5, 5.41) is 19.1. The summed E-state index contributed by atoms with van der Waals surface area (Å²) in [7, 11) is 0. The lowest BCUT2D eigenvalue weighted by atomic mass is 10.1.